The summed E-state index contributed by atoms with van der Waals surface area (Å²) in [5.74, 6) is 0. The zero-order valence-electron chi connectivity index (χ0n) is 7.95. The van der Waals surface area contributed by atoms with Crippen molar-refractivity contribution >= 4 is 11.3 Å². The molecule has 13 heavy (non-hydrogen) atoms. The first-order valence-corrected chi connectivity index (χ1v) is 5.18. The summed E-state index contributed by atoms with van der Waals surface area (Å²) in [7, 11) is 1.84. The molecule has 0 aliphatic heterocycles. The highest BCUT2D eigenvalue weighted by atomic mass is 32.1. The average molecular weight is 200 g/mol. The summed E-state index contributed by atoms with van der Waals surface area (Å²) in [5.41, 5.74) is 6.62. The third kappa shape index (κ3) is 2.28. The van der Waals surface area contributed by atoms with E-state index < -0.39 is 6.10 Å². The second-order valence-electron chi connectivity index (χ2n) is 3.04. The van der Waals surface area contributed by atoms with Gasteiger partial charge in [0.05, 0.1) is 12.1 Å². The molecule has 0 bridgehead atoms. The van der Waals surface area contributed by atoms with Gasteiger partial charge in [-0.3, -0.25) is 0 Å². The molecule has 0 aliphatic rings. The Kier molecular flexibility index (Phi) is 3.87. The van der Waals surface area contributed by atoms with Crippen molar-refractivity contribution in [2.24, 2.45) is 5.73 Å². The number of aryl methyl sites for hydroxylation is 1. The summed E-state index contributed by atoms with van der Waals surface area (Å²) in [6.07, 6.45) is -0.512. The minimum absolute atomic E-state index is 0.0370. The maximum absolute atomic E-state index is 9.63. The number of thiophene rings is 1. The minimum Gasteiger partial charge on any atom is -0.390 e. The van der Waals surface area contributed by atoms with Crippen LogP contribution in [0.2, 0.25) is 0 Å². The van der Waals surface area contributed by atoms with Gasteiger partial charge >= 0.3 is 0 Å². The molecule has 0 aliphatic carbocycles. The van der Waals surface area contributed by atoms with Crippen molar-refractivity contribution in [1.29, 1.82) is 0 Å². The molecule has 0 radical (unpaired) electrons. The second kappa shape index (κ2) is 4.72. The number of aliphatic hydroxyl groups excluding tert-OH is 1. The Morgan fingerprint density at radius 3 is 2.77 bits per heavy atom. The lowest BCUT2D eigenvalue weighted by atomic mass is 10.1. The molecule has 4 N–H and O–H groups in total. The van der Waals surface area contributed by atoms with Crippen molar-refractivity contribution in [1.82, 2.24) is 5.32 Å². The van der Waals surface area contributed by atoms with Crippen LogP contribution in [0.25, 0.3) is 0 Å². The Morgan fingerprint density at radius 2 is 2.38 bits per heavy atom. The molecule has 0 spiro atoms. The van der Waals surface area contributed by atoms with Crippen LogP contribution in [0.15, 0.2) is 11.4 Å². The maximum atomic E-state index is 9.63. The van der Waals surface area contributed by atoms with E-state index >= 15 is 0 Å². The number of hydrogen-bond acceptors (Lipinski definition) is 4. The van der Waals surface area contributed by atoms with E-state index in [4.69, 9.17) is 5.73 Å². The van der Waals surface area contributed by atoms with Gasteiger partial charge in [-0.1, -0.05) is 0 Å². The first-order valence-electron chi connectivity index (χ1n) is 4.30. The molecule has 0 aromatic carbocycles. The molecular weight excluding hydrogens is 184 g/mol. The molecule has 1 heterocycles. The van der Waals surface area contributed by atoms with Crippen LogP contribution in [0.1, 0.15) is 16.5 Å². The lowest BCUT2D eigenvalue weighted by Crippen LogP contribution is -2.34. The van der Waals surface area contributed by atoms with Crippen LogP contribution in [0.4, 0.5) is 0 Å². The molecule has 2 atom stereocenters. The summed E-state index contributed by atoms with van der Waals surface area (Å²) in [6.45, 7) is 2.32. The molecule has 3 nitrogen and oxygen atoms in total. The van der Waals surface area contributed by atoms with Crippen LogP contribution >= 0.6 is 11.3 Å². The SMILES string of the molecule is CNC(c1sccc1C)C(O)CN. The fraction of sp³-hybridized carbons (Fsp3) is 0.556. The molecule has 0 fully saturated rings. The highest BCUT2D eigenvalue weighted by molar-refractivity contribution is 7.10. The zero-order valence-corrected chi connectivity index (χ0v) is 8.77. The van der Waals surface area contributed by atoms with E-state index in [-0.39, 0.29) is 12.6 Å². The Hall–Kier alpha value is -0.420. The maximum Gasteiger partial charge on any atom is 0.0864 e. The molecule has 1 rings (SSSR count). The van der Waals surface area contributed by atoms with Gasteiger partial charge in [0.15, 0.2) is 0 Å². The van der Waals surface area contributed by atoms with Gasteiger partial charge in [0.2, 0.25) is 0 Å². The third-order valence-electron chi connectivity index (χ3n) is 2.12. The van der Waals surface area contributed by atoms with Gasteiger partial charge in [0.25, 0.3) is 0 Å². The van der Waals surface area contributed by atoms with Crippen LogP contribution < -0.4 is 11.1 Å². The number of rotatable bonds is 4. The van der Waals surface area contributed by atoms with Crippen LogP contribution in [-0.2, 0) is 0 Å². The van der Waals surface area contributed by atoms with E-state index in [0.29, 0.717) is 0 Å². The van der Waals surface area contributed by atoms with Crippen LogP contribution in [0, 0.1) is 6.92 Å². The summed E-state index contributed by atoms with van der Waals surface area (Å²) in [4.78, 5) is 1.17. The summed E-state index contributed by atoms with van der Waals surface area (Å²) in [6, 6.07) is 2.01. The molecule has 1 aromatic heterocycles. The molecule has 0 saturated carbocycles. The number of nitrogens with one attached hydrogen (secondary N) is 1. The lowest BCUT2D eigenvalue weighted by Gasteiger charge is -2.20. The van der Waals surface area contributed by atoms with E-state index in [1.54, 1.807) is 11.3 Å². The average Bonchev–Trinajstić information content (AvgIpc) is 2.53. The molecule has 0 saturated heterocycles. The molecule has 74 valence electrons. The summed E-state index contributed by atoms with van der Waals surface area (Å²) in [5, 5.41) is 14.7. The van der Waals surface area contributed by atoms with Gasteiger partial charge < -0.3 is 16.2 Å². The van der Waals surface area contributed by atoms with E-state index in [1.165, 1.54) is 10.4 Å². The van der Waals surface area contributed by atoms with Crippen molar-refractivity contribution in [3.8, 4) is 0 Å². The monoisotopic (exact) mass is 200 g/mol. The molecule has 2 unspecified atom stereocenters. The fourth-order valence-electron chi connectivity index (χ4n) is 1.34. The Labute approximate surface area is 82.6 Å². The Balaban J connectivity index is 2.84. The zero-order chi connectivity index (χ0) is 9.84. The van der Waals surface area contributed by atoms with E-state index in [2.05, 4.69) is 5.32 Å². The minimum atomic E-state index is -0.512. The first-order chi connectivity index (χ1) is 6.20. The number of aliphatic hydroxyl groups is 1. The molecule has 1 aromatic rings. The van der Waals surface area contributed by atoms with Gasteiger partial charge in [-0.25, -0.2) is 0 Å². The van der Waals surface area contributed by atoms with Gasteiger partial charge in [-0.15, -0.1) is 11.3 Å². The van der Waals surface area contributed by atoms with E-state index in [9.17, 15) is 5.11 Å². The smallest absolute Gasteiger partial charge is 0.0864 e. The topological polar surface area (TPSA) is 58.3 Å². The number of nitrogens with two attached hydrogens (primary N) is 1. The van der Waals surface area contributed by atoms with Crippen molar-refractivity contribution in [2.75, 3.05) is 13.6 Å². The Bertz CT molecular complexity index is 262. The third-order valence-corrected chi connectivity index (χ3v) is 3.22. The van der Waals surface area contributed by atoms with Crippen LogP contribution in [0.5, 0.6) is 0 Å². The van der Waals surface area contributed by atoms with Crippen molar-refractivity contribution in [3.63, 3.8) is 0 Å². The quantitative estimate of drug-likeness (QED) is 0.668. The van der Waals surface area contributed by atoms with Gasteiger partial charge in [-0.2, -0.15) is 0 Å². The van der Waals surface area contributed by atoms with Crippen LogP contribution in [-0.4, -0.2) is 24.8 Å². The number of likely N-dealkylation sites (N-methyl/N-ethyl adjacent to an activating group) is 1. The van der Waals surface area contributed by atoms with Crippen LogP contribution in [0.3, 0.4) is 0 Å². The Morgan fingerprint density at radius 1 is 1.69 bits per heavy atom. The largest absolute Gasteiger partial charge is 0.390 e. The summed E-state index contributed by atoms with van der Waals surface area (Å²) < 4.78 is 0. The van der Waals surface area contributed by atoms with E-state index in [0.717, 1.165) is 0 Å². The van der Waals surface area contributed by atoms with E-state index in [1.807, 2.05) is 25.4 Å². The molecule has 0 amide bonds. The summed E-state index contributed by atoms with van der Waals surface area (Å²) >= 11 is 1.65. The first kappa shape index (κ1) is 10.7. The van der Waals surface area contributed by atoms with Crippen molar-refractivity contribution < 1.29 is 5.11 Å². The van der Waals surface area contributed by atoms with Gasteiger partial charge in [0.1, 0.15) is 0 Å². The molecule has 4 heteroatoms. The van der Waals surface area contributed by atoms with Gasteiger partial charge in [-0.05, 0) is 31.0 Å². The van der Waals surface area contributed by atoms with Crippen molar-refractivity contribution in [3.05, 3.63) is 21.9 Å². The second-order valence-corrected chi connectivity index (χ2v) is 3.98. The standard InChI is InChI=1S/C9H16N2OS/c1-6-3-4-13-9(6)8(11-2)7(12)5-10/h3-4,7-8,11-12H,5,10H2,1-2H3. The highest BCUT2D eigenvalue weighted by Gasteiger charge is 2.20. The molecular formula is C9H16N2OS. The highest BCUT2D eigenvalue weighted by Crippen LogP contribution is 2.25. The fourth-order valence-corrected chi connectivity index (χ4v) is 2.43. The normalized spacial score (nSPS) is 15.7. The lowest BCUT2D eigenvalue weighted by molar-refractivity contribution is 0.140. The predicted octanol–water partition coefficient (Wildman–Crippen LogP) is 0.637. The van der Waals surface area contributed by atoms with Crippen molar-refractivity contribution in [2.45, 2.75) is 19.1 Å². The van der Waals surface area contributed by atoms with Gasteiger partial charge in [0, 0.05) is 11.4 Å². The predicted molar refractivity (Wildman–Crippen MR) is 55.9 cm³/mol. The number of hydrogen-bond donors (Lipinski definition) is 3.